The first kappa shape index (κ1) is 19.3. The number of hydrogen-bond acceptors (Lipinski definition) is 3. The molecular weight excluding hydrogens is 356 g/mol. The van der Waals surface area contributed by atoms with Crippen LogP contribution in [0.1, 0.15) is 53.9 Å². The van der Waals surface area contributed by atoms with E-state index in [9.17, 15) is 4.79 Å². The van der Waals surface area contributed by atoms with E-state index in [1.165, 1.54) is 5.56 Å². The predicted molar refractivity (Wildman–Crippen MR) is 119 cm³/mol. The summed E-state index contributed by atoms with van der Waals surface area (Å²) in [5.41, 5.74) is 6.39. The van der Waals surface area contributed by atoms with Crippen LogP contribution in [0.4, 0.5) is 0 Å². The van der Waals surface area contributed by atoms with E-state index in [-0.39, 0.29) is 5.78 Å². The second kappa shape index (κ2) is 8.52. The van der Waals surface area contributed by atoms with Crippen molar-refractivity contribution in [3.8, 4) is 0 Å². The normalized spacial score (nSPS) is 20.5. The second-order valence-corrected chi connectivity index (χ2v) is 7.84. The van der Waals surface area contributed by atoms with Gasteiger partial charge in [-0.05, 0) is 60.9 Å². The highest BCUT2D eigenvalue weighted by molar-refractivity contribution is 6.04. The van der Waals surface area contributed by atoms with Crippen LogP contribution >= 0.6 is 0 Å². The van der Waals surface area contributed by atoms with Crippen molar-refractivity contribution in [1.29, 1.82) is 0 Å². The first-order chi connectivity index (χ1) is 14.1. The lowest BCUT2D eigenvalue weighted by Crippen LogP contribution is -2.09. The highest BCUT2D eigenvalue weighted by atomic mass is 16.1. The lowest BCUT2D eigenvalue weighted by molar-refractivity contribution is 0.101. The molecular formula is C26H26N2O. The summed E-state index contributed by atoms with van der Waals surface area (Å²) in [6, 6.07) is 12.1. The van der Waals surface area contributed by atoms with Crippen LogP contribution in [0.25, 0.3) is 5.57 Å². The number of Topliss-reactive ketones (excluding diaryl/α,β-unsaturated/α-hetero) is 1. The van der Waals surface area contributed by atoms with Crippen molar-refractivity contribution < 1.29 is 4.79 Å². The third-order valence-electron chi connectivity index (χ3n) is 5.71. The second-order valence-electron chi connectivity index (χ2n) is 7.84. The first-order valence-corrected chi connectivity index (χ1v) is 10.3. The number of aryl methyl sites for hydroxylation is 1. The lowest BCUT2D eigenvalue weighted by Gasteiger charge is -2.17. The maximum absolute atomic E-state index is 11.9. The summed E-state index contributed by atoms with van der Waals surface area (Å²) in [5.74, 6) is 0.977. The Kier molecular flexibility index (Phi) is 5.66. The summed E-state index contributed by atoms with van der Waals surface area (Å²) in [4.78, 5) is 21.0. The molecule has 0 spiro atoms. The summed E-state index contributed by atoms with van der Waals surface area (Å²) < 4.78 is 0. The summed E-state index contributed by atoms with van der Waals surface area (Å²) in [6.07, 6.45) is 15.6. The number of aliphatic imine (C=N–C) groups is 1. The number of hydrogen-bond donors (Lipinski definition) is 0. The molecule has 146 valence electrons. The molecule has 2 unspecified atom stereocenters. The van der Waals surface area contributed by atoms with Gasteiger partial charge in [-0.1, -0.05) is 55.5 Å². The number of allylic oxidation sites excluding steroid dienone is 5. The van der Waals surface area contributed by atoms with Gasteiger partial charge in [-0.15, -0.1) is 0 Å². The van der Waals surface area contributed by atoms with Gasteiger partial charge in [0.05, 0.1) is 5.71 Å². The Morgan fingerprint density at radius 1 is 1.17 bits per heavy atom. The summed E-state index contributed by atoms with van der Waals surface area (Å²) >= 11 is 0. The molecule has 0 N–H and O–H groups in total. The Labute approximate surface area is 172 Å². The molecule has 4 rings (SSSR count). The fourth-order valence-corrected chi connectivity index (χ4v) is 4.03. The Balaban J connectivity index is 1.39. The van der Waals surface area contributed by atoms with Gasteiger partial charge in [-0.2, -0.15) is 0 Å². The first-order valence-electron chi connectivity index (χ1n) is 10.3. The molecule has 1 aromatic carbocycles. The maximum atomic E-state index is 11.9. The highest BCUT2D eigenvalue weighted by Gasteiger charge is 2.16. The zero-order valence-electron chi connectivity index (χ0n) is 17.0. The smallest absolute Gasteiger partial charge is 0.160 e. The van der Waals surface area contributed by atoms with Crippen LogP contribution in [-0.4, -0.2) is 16.5 Å². The van der Waals surface area contributed by atoms with E-state index < -0.39 is 0 Å². The summed E-state index contributed by atoms with van der Waals surface area (Å²) in [6.45, 7) is 3.80. The van der Waals surface area contributed by atoms with Crippen molar-refractivity contribution in [3.63, 3.8) is 0 Å². The van der Waals surface area contributed by atoms with E-state index in [0.29, 0.717) is 11.8 Å². The molecule has 1 aromatic heterocycles. The van der Waals surface area contributed by atoms with E-state index in [1.54, 1.807) is 6.92 Å². The van der Waals surface area contributed by atoms with E-state index in [4.69, 9.17) is 0 Å². The van der Waals surface area contributed by atoms with Gasteiger partial charge in [-0.3, -0.25) is 14.8 Å². The zero-order valence-corrected chi connectivity index (χ0v) is 17.0. The van der Waals surface area contributed by atoms with E-state index in [1.807, 2.05) is 42.7 Å². The van der Waals surface area contributed by atoms with Gasteiger partial charge >= 0.3 is 0 Å². The van der Waals surface area contributed by atoms with Crippen molar-refractivity contribution in [3.05, 3.63) is 95.5 Å². The molecule has 3 heteroatoms. The quantitative estimate of drug-likeness (QED) is 0.590. The lowest BCUT2D eigenvalue weighted by atomic mass is 9.87. The van der Waals surface area contributed by atoms with Crippen molar-refractivity contribution >= 4 is 17.1 Å². The van der Waals surface area contributed by atoms with Gasteiger partial charge in [0.2, 0.25) is 0 Å². The minimum Gasteiger partial charge on any atom is -0.294 e. The fraction of sp³-hybridized carbons (Fsp3) is 0.269. The largest absolute Gasteiger partial charge is 0.294 e. The standard InChI is InChI=1S/C26H26N2O/c1-18-13-15-28-26(18)22-14-16-27-23(17-22)12-9-20-7-10-21(11-8-20)25-6-4-3-5-24(25)19(2)29/h3-7,10-11,13-18,20H,8-9,12H2,1-2H3. The fourth-order valence-electron chi connectivity index (χ4n) is 4.03. The van der Waals surface area contributed by atoms with Crippen LogP contribution in [-0.2, 0) is 6.42 Å². The number of nitrogens with zero attached hydrogens (tertiary/aromatic N) is 2. The molecule has 29 heavy (non-hydrogen) atoms. The Bertz CT molecular complexity index is 1040. The molecule has 0 saturated carbocycles. The van der Waals surface area contributed by atoms with Gasteiger partial charge in [0.1, 0.15) is 0 Å². The van der Waals surface area contributed by atoms with Crippen molar-refractivity contribution in [2.24, 2.45) is 16.8 Å². The van der Waals surface area contributed by atoms with E-state index in [0.717, 1.165) is 47.4 Å². The Hall–Kier alpha value is -3.07. The topological polar surface area (TPSA) is 42.3 Å². The SMILES string of the molecule is CC(=O)c1ccccc1C1=CCC(CCc2cc(C3=NC=CC3C)ccn2)C=C1. The molecule has 1 aliphatic heterocycles. The highest BCUT2D eigenvalue weighted by Crippen LogP contribution is 2.29. The van der Waals surface area contributed by atoms with Crippen LogP contribution in [0.3, 0.4) is 0 Å². The molecule has 0 saturated heterocycles. The molecule has 0 bridgehead atoms. The Morgan fingerprint density at radius 2 is 2.03 bits per heavy atom. The van der Waals surface area contributed by atoms with Gasteiger partial charge in [0.15, 0.2) is 5.78 Å². The van der Waals surface area contributed by atoms with Crippen LogP contribution in [0.15, 0.2) is 78.1 Å². The van der Waals surface area contributed by atoms with E-state index in [2.05, 4.69) is 47.3 Å². The minimum absolute atomic E-state index is 0.111. The Morgan fingerprint density at radius 3 is 2.76 bits per heavy atom. The average molecular weight is 383 g/mol. The predicted octanol–water partition coefficient (Wildman–Crippen LogP) is 5.83. The van der Waals surface area contributed by atoms with Gasteiger partial charge in [0.25, 0.3) is 0 Å². The number of benzene rings is 1. The summed E-state index contributed by atoms with van der Waals surface area (Å²) in [7, 11) is 0. The van der Waals surface area contributed by atoms with Crippen LogP contribution in [0.2, 0.25) is 0 Å². The average Bonchev–Trinajstić information content (AvgIpc) is 3.19. The molecule has 2 aromatic rings. The van der Waals surface area contributed by atoms with E-state index >= 15 is 0 Å². The number of aromatic nitrogens is 1. The van der Waals surface area contributed by atoms with Crippen LogP contribution < -0.4 is 0 Å². The molecule has 0 fully saturated rings. The number of carbonyl (C=O) groups excluding carboxylic acids is 1. The number of carbonyl (C=O) groups is 1. The number of pyridine rings is 1. The molecule has 2 aliphatic rings. The minimum atomic E-state index is 0.111. The van der Waals surface area contributed by atoms with Gasteiger partial charge in [0, 0.05) is 29.6 Å². The summed E-state index contributed by atoms with van der Waals surface area (Å²) in [5, 5.41) is 0. The number of rotatable bonds is 6. The van der Waals surface area contributed by atoms with Crippen LogP contribution in [0, 0.1) is 11.8 Å². The van der Waals surface area contributed by atoms with Crippen molar-refractivity contribution in [2.45, 2.75) is 33.1 Å². The van der Waals surface area contributed by atoms with Crippen molar-refractivity contribution in [1.82, 2.24) is 4.98 Å². The number of ketones is 1. The van der Waals surface area contributed by atoms with Gasteiger partial charge < -0.3 is 0 Å². The monoisotopic (exact) mass is 382 g/mol. The molecule has 1 aliphatic carbocycles. The molecule has 2 atom stereocenters. The molecule has 0 amide bonds. The molecule has 3 nitrogen and oxygen atoms in total. The van der Waals surface area contributed by atoms with Gasteiger partial charge in [-0.25, -0.2) is 0 Å². The zero-order chi connectivity index (χ0) is 20.2. The van der Waals surface area contributed by atoms with Crippen molar-refractivity contribution in [2.75, 3.05) is 0 Å². The third-order valence-corrected chi connectivity index (χ3v) is 5.71. The van der Waals surface area contributed by atoms with Crippen LogP contribution in [0.5, 0.6) is 0 Å². The molecule has 2 heterocycles. The molecule has 0 radical (unpaired) electrons. The third kappa shape index (κ3) is 4.34. The maximum Gasteiger partial charge on any atom is 0.160 e.